The zero-order valence-corrected chi connectivity index (χ0v) is 20.4. The molecule has 1 unspecified atom stereocenters. The predicted octanol–water partition coefficient (Wildman–Crippen LogP) is 5.65. The van der Waals surface area contributed by atoms with Crippen LogP contribution in [0.5, 0.6) is 5.75 Å². The Kier molecular flexibility index (Phi) is 8.19. The smallest absolute Gasteiger partial charge is 0.333 e. The Morgan fingerprint density at radius 3 is 2.55 bits per heavy atom. The first-order valence-corrected chi connectivity index (χ1v) is 13.2. The highest BCUT2D eigenvalue weighted by molar-refractivity contribution is 7.91. The van der Waals surface area contributed by atoms with Gasteiger partial charge in [0.05, 0.1) is 35.3 Å². The summed E-state index contributed by atoms with van der Waals surface area (Å²) in [6, 6.07) is 15.0. The van der Waals surface area contributed by atoms with E-state index >= 15 is 0 Å². The first kappa shape index (κ1) is 24.8. The van der Waals surface area contributed by atoms with E-state index < -0.39 is 15.8 Å². The molecule has 3 rings (SSSR count). The van der Waals surface area contributed by atoms with Crippen molar-refractivity contribution in [2.24, 2.45) is 5.41 Å². The fourth-order valence-corrected chi connectivity index (χ4v) is 6.47. The Balaban J connectivity index is 2.05. The van der Waals surface area contributed by atoms with Crippen LogP contribution in [0.2, 0.25) is 0 Å². The summed E-state index contributed by atoms with van der Waals surface area (Å²) >= 11 is 0. The number of carbonyl (C=O) groups is 1. The van der Waals surface area contributed by atoms with Crippen molar-refractivity contribution in [3.8, 4) is 5.75 Å². The van der Waals surface area contributed by atoms with Gasteiger partial charge < -0.3 is 14.4 Å². The van der Waals surface area contributed by atoms with Crippen molar-refractivity contribution in [3.05, 3.63) is 60.9 Å². The van der Waals surface area contributed by atoms with Crippen LogP contribution in [-0.4, -0.2) is 33.3 Å². The van der Waals surface area contributed by atoms with Gasteiger partial charge in [-0.3, -0.25) is 0 Å². The average molecular weight is 472 g/mol. The summed E-state index contributed by atoms with van der Waals surface area (Å²) in [5.74, 6) is -0.0724. The molecule has 0 saturated heterocycles. The number of rotatable bonds is 9. The van der Waals surface area contributed by atoms with Gasteiger partial charge in [-0.2, -0.15) is 0 Å². The van der Waals surface area contributed by atoms with Gasteiger partial charge in [-0.05, 0) is 44.0 Å². The number of carbonyl (C=O) groups excluding carboxylic acids is 1. The molecule has 2 aromatic carbocycles. The van der Waals surface area contributed by atoms with Crippen molar-refractivity contribution < 1.29 is 22.7 Å². The van der Waals surface area contributed by atoms with E-state index in [9.17, 15) is 13.2 Å². The van der Waals surface area contributed by atoms with Gasteiger partial charge in [0, 0.05) is 23.7 Å². The van der Waals surface area contributed by atoms with Crippen LogP contribution in [0, 0.1) is 5.41 Å². The maximum atomic E-state index is 13.7. The molecular weight excluding hydrogens is 438 g/mol. The van der Waals surface area contributed by atoms with Crippen molar-refractivity contribution in [2.45, 2.75) is 51.3 Å². The third-order valence-electron chi connectivity index (χ3n) is 6.12. The number of hydrogen-bond donors (Lipinski definition) is 0. The summed E-state index contributed by atoms with van der Waals surface area (Å²) in [4.78, 5) is 13.9. The number of nitrogens with zero attached hydrogens (tertiary/aromatic N) is 1. The van der Waals surface area contributed by atoms with Gasteiger partial charge in [0.25, 0.3) is 0 Å². The van der Waals surface area contributed by atoms with E-state index in [4.69, 9.17) is 9.47 Å². The zero-order chi connectivity index (χ0) is 23.9. The first-order chi connectivity index (χ1) is 15.8. The minimum Gasteiger partial charge on any atom is -0.465 e. The number of fused-ring (bicyclic) bond motifs is 1. The molecule has 0 radical (unpaired) electrons. The van der Waals surface area contributed by atoms with Crippen LogP contribution in [0.4, 0.5) is 11.4 Å². The molecule has 178 valence electrons. The second-order valence-electron chi connectivity index (χ2n) is 8.44. The highest BCUT2D eigenvalue weighted by Crippen LogP contribution is 2.44. The highest BCUT2D eigenvalue weighted by Gasteiger charge is 2.41. The van der Waals surface area contributed by atoms with Crippen LogP contribution in [0.3, 0.4) is 0 Å². The Hall–Kier alpha value is -2.80. The third kappa shape index (κ3) is 5.96. The molecule has 7 heteroatoms. The summed E-state index contributed by atoms with van der Waals surface area (Å²) in [7, 11) is -3.58. The number of ether oxygens (including phenoxy) is 2. The lowest BCUT2D eigenvalue weighted by Gasteiger charge is -2.36. The molecule has 0 amide bonds. The lowest BCUT2D eigenvalue weighted by molar-refractivity contribution is -0.137. The number of unbranched alkanes of at least 4 members (excludes halogenated alkanes) is 1. The van der Waals surface area contributed by atoms with Crippen molar-refractivity contribution in [3.63, 3.8) is 0 Å². The van der Waals surface area contributed by atoms with Crippen molar-refractivity contribution in [1.29, 1.82) is 0 Å². The van der Waals surface area contributed by atoms with E-state index in [1.165, 1.54) is 12.3 Å². The normalized spacial score (nSPS) is 19.7. The Morgan fingerprint density at radius 1 is 1.12 bits per heavy atom. The largest absolute Gasteiger partial charge is 0.465 e. The Bertz CT molecular complexity index is 1080. The topological polar surface area (TPSA) is 72.9 Å². The molecule has 0 aliphatic carbocycles. The molecule has 0 N–H and O–H groups in total. The number of para-hydroxylation sites is 1. The first-order valence-electron chi connectivity index (χ1n) is 11.5. The van der Waals surface area contributed by atoms with Crippen LogP contribution in [0.1, 0.15) is 46.5 Å². The maximum Gasteiger partial charge on any atom is 0.333 e. The van der Waals surface area contributed by atoms with Crippen molar-refractivity contribution in [1.82, 2.24) is 0 Å². The summed E-state index contributed by atoms with van der Waals surface area (Å²) < 4.78 is 37.7. The molecule has 0 saturated carbocycles. The molecule has 2 aromatic rings. The number of benzene rings is 2. The fourth-order valence-electron chi connectivity index (χ4n) is 4.28. The number of hydrogen-bond acceptors (Lipinski definition) is 6. The van der Waals surface area contributed by atoms with Gasteiger partial charge in [0.15, 0.2) is 9.84 Å². The minimum atomic E-state index is -3.58. The molecule has 0 bridgehead atoms. The van der Waals surface area contributed by atoms with Crippen LogP contribution in [0.15, 0.2) is 65.8 Å². The van der Waals surface area contributed by atoms with Crippen molar-refractivity contribution in [2.75, 3.05) is 23.8 Å². The molecule has 6 nitrogen and oxygen atoms in total. The fraction of sp³-hybridized carbons (Fsp3) is 0.423. The molecule has 33 heavy (non-hydrogen) atoms. The SMILES string of the molecule is CCCCC1(CC)CN(c2ccccc2)c2ccc(O/C=C/C(=O)OCC)cc2S(=O)(=O)C1. The second kappa shape index (κ2) is 10.9. The van der Waals surface area contributed by atoms with Gasteiger partial charge >= 0.3 is 5.97 Å². The minimum absolute atomic E-state index is 0.0922. The highest BCUT2D eigenvalue weighted by atomic mass is 32.2. The molecule has 0 fully saturated rings. The summed E-state index contributed by atoms with van der Waals surface area (Å²) in [5.41, 5.74) is 1.25. The van der Waals surface area contributed by atoms with Gasteiger partial charge in [0.1, 0.15) is 5.75 Å². The Labute approximate surface area is 197 Å². The molecule has 1 aliphatic heterocycles. The molecule has 1 atom stereocenters. The third-order valence-corrected chi connectivity index (χ3v) is 8.11. The number of esters is 1. The summed E-state index contributed by atoms with van der Waals surface area (Å²) in [6.07, 6.45) is 6.01. The molecule has 0 aromatic heterocycles. The monoisotopic (exact) mass is 471 g/mol. The zero-order valence-electron chi connectivity index (χ0n) is 19.6. The molecule has 1 heterocycles. The van der Waals surface area contributed by atoms with Gasteiger partial charge in [-0.1, -0.05) is 44.9 Å². The second-order valence-corrected chi connectivity index (χ2v) is 10.4. The molecular formula is C26H33NO5S. The average Bonchev–Trinajstić information content (AvgIpc) is 2.91. The van der Waals surface area contributed by atoms with E-state index in [0.29, 0.717) is 18.0 Å². The van der Waals surface area contributed by atoms with Gasteiger partial charge in [-0.25, -0.2) is 13.2 Å². The van der Waals surface area contributed by atoms with Crippen molar-refractivity contribution >= 4 is 27.2 Å². The van der Waals surface area contributed by atoms with E-state index in [2.05, 4.69) is 18.7 Å². The summed E-state index contributed by atoms with van der Waals surface area (Å²) in [6.45, 7) is 6.83. The van der Waals surface area contributed by atoms with Crippen LogP contribution < -0.4 is 9.64 Å². The predicted molar refractivity (Wildman–Crippen MR) is 131 cm³/mol. The van der Waals surface area contributed by atoms with Crippen LogP contribution in [-0.2, 0) is 19.4 Å². The van der Waals surface area contributed by atoms with Crippen LogP contribution >= 0.6 is 0 Å². The lowest BCUT2D eigenvalue weighted by atomic mass is 9.81. The standard InChI is InChI=1S/C26H33NO5S/c1-4-7-16-26(5-2)19-27(21-11-9-8-10-12-21)23-14-13-22(18-24(23)33(29,30)20-26)32-17-15-25(28)31-6-3/h8-15,17-18H,4-7,16,19-20H2,1-3H3/b17-15+. The molecule has 0 spiro atoms. The van der Waals surface area contributed by atoms with Gasteiger partial charge in [-0.15, -0.1) is 0 Å². The summed E-state index contributed by atoms with van der Waals surface area (Å²) in [5, 5.41) is 0. The molecule has 1 aliphatic rings. The maximum absolute atomic E-state index is 13.7. The van der Waals surface area contributed by atoms with Crippen LogP contribution in [0.25, 0.3) is 0 Å². The van der Waals surface area contributed by atoms with E-state index in [-0.39, 0.29) is 22.7 Å². The number of sulfone groups is 1. The number of anilines is 2. The van der Waals surface area contributed by atoms with E-state index in [0.717, 1.165) is 31.4 Å². The quantitative estimate of drug-likeness (QED) is 0.267. The van der Waals surface area contributed by atoms with E-state index in [1.807, 2.05) is 30.3 Å². The Morgan fingerprint density at radius 2 is 1.88 bits per heavy atom. The van der Waals surface area contributed by atoms with Gasteiger partial charge in [0.2, 0.25) is 0 Å². The van der Waals surface area contributed by atoms with E-state index in [1.54, 1.807) is 25.1 Å². The lowest BCUT2D eigenvalue weighted by Crippen LogP contribution is -2.37.